The Morgan fingerprint density at radius 2 is 2.10 bits per heavy atom. The molecule has 1 atom stereocenters. The van der Waals surface area contributed by atoms with Gasteiger partial charge in [-0.05, 0) is 56.2 Å². The Morgan fingerprint density at radius 1 is 1.26 bits per heavy atom. The summed E-state index contributed by atoms with van der Waals surface area (Å²) in [6.07, 6.45) is 5.42. The molecular formula is C25H29N3O3. The summed E-state index contributed by atoms with van der Waals surface area (Å²) >= 11 is 0. The molecule has 0 fully saturated rings. The summed E-state index contributed by atoms with van der Waals surface area (Å²) < 4.78 is 10.8. The number of amides is 1. The Hall–Kier alpha value is -3.41. The molecule has 4 rings (SSSR count). The summed E-state index contributed by atoms with van der Waals surface area (Å²) in [7, 11) is 3.76. The van der Waals surface area contributed by atoms with E-state index in [-0.39, 0.29) is 11.4 Å². The Labute approximate surface area is 182 Å². The maximum atomic E-state index is 12.7. The quantitative estimate of drug-likeness (QED) is 0.577. The first-order valence-electron chi connectivity index (χ1n) is 10.6. The average Bonchev–Trinajstić information content (AvgIpc) is 3.26. The SMILES string of the molecule is C/C=C1\N(C)c2ccc(OC)cc2NC1(CC)CCNC(=O)c1ccc2occc2c1. The third kappa shape index (κ3) is 3.74. The molecule has 2 N–H and O–H groups in total. The molecular weight excluding hydrogens is 390 g/mol. The summed E-state index contributed by atoms with van der Waals surface area (Å²) in [4.78, 5) is 15.0. The number of carbonyl (C=O) groups excluding carboxylic acids is 1. The van der Waals surface area contributed by atoms with Crippen molar-refractivity contribution in [2.24, 2.45) is 0 Å². The highest BCUT2D eigenvalue weighted by atomic mass is 16.5. The Balaban J connectivity index is 1.52. The molecule has 6 nitrogen and oxygen atoms in total. The zero-order chi connectivity index (χ0) is 22.0. The summed E-state index contributed by atoms with van der Waals surface area (Å²) in [5.74, 6) is 0.735. The van der Waals surface area contributed by atoms with Gasteiger partial charge in [-0.25, -0.2) is 0 Å². The minimum Gasteiger partial charge on any atom is -0.497 e. The van der Waals surface area contributed by atoms with Crippen LogP contribution < -0.4 is 20.3 Å². The number of rotatable bonds is 6. The van der Waals surface area contributed by atoms with Gasteiger partial charge in [-0.2, -0.15) is 0 Å². The highest BCUT2D eigenvalue weighted by Crippen LogP contribution is 2.44. The third-order valence-electron chi connectivity index (χ3n) is 6.22. The first-order chi connectivity index (χ1) is 15.0. The lowest BCUT2D eigenvalue weighted by Crippen LogP contribution is -2.50. The predicted octanol–water partition coefficient (Wildman–Crippen LogP) is 5.18. The van der Waals surface area contributed by atoms with E-state index in [9.17, 15) is 4.79 Å². The van der Waals surface area contributed by atoms with Gasteiger partial charge < -0.3 is 24.7 Å². The zero-order valence-corrected chi connectivity index (χ0v) is 18.5. The summed E-state index contributed by atoms with van der Waals surface area (Å²) in [6.45, 7) is 4.78. The van der Waals surface area contributed by atoms with E-state index in [1.54, 1.807) is 19.4 Å². The molecule has 0 radical (unpaired) electrons. The molecule has 1 aromatic heterocycles. The van der Waals surface area contributed by atoms with Crippen LogP contribution in [-0.4, -0.2) is 32.1 Å². The van der Waals surface area contributed by atoms with E-state index in [0.29, 0.717) is 12.1 Å². The molecule has 1 unspecified atom stereocenters. The molecule has 0 aliphatic carbocycles. The monoisotopic (exact) mass is 419 g/mol. The lowest BCUT2D eigenvalue weighted by Gasteiger charge is -2.47. The fraction of sp³-hybridized carbons (Fsp3) is 0.320. The molecule has 6 heteroatoms. The van der Waals surface area contributed by atoms with Crippen LogP contribution in [0.25, 0.3) is 11.0 Å². The second-order valence-corrected chi connectivity index (χ2v) is 7.86. The molecule has 2 heterocycles. The second-order valence-electron chi connectivity index (χ2n) is 7.86. The van der Waals surface area contributed by atoms with Crippen molar-refractivity contribution in [2.75, 3.05) is 30.9 Å². The van der Waals surface area contributed by atoms with Gasteiger partial charge in [0.15, 0.2) is 0 Å². The van der Waals surface area contributed by atoms with Crippen molar-refractivity contribution in [3.8, 4) is 5.75 Å². The van der Waals surface area contributed by atoms with Crippen LogP contribution in [0.1, 0.15) is 37.0 Å². The van der Waals surface area contributed by atoms with Gasteiger partial charge in [0.1, 0.15) is 11.3 Å². The zero-order valence-electron chi connectivity index (χ0n) is 18.5. The first-order valence-corrected chi connectivity index (χ1v) is 10.6. The normalized spacial score (nSPS) is 19.2. The number of hydrogen-bond acceptors (Lipinski definition) is 5. The number of nitrogens with zero attached hydrogens (tertiary/aromatic N) is 1. The van der Waals surface area contributed by atoms with Crippen molar-refractivity contribution >= 4 is 28.3 Å². The molecule has 0 spiro atoms. The van der Waals surface area contributed by atoms with Crippen LogP contribution in [0.3, 0.4) is 0 Å². The van der Waals surface area contributed by atoms with Crippen LogP contribution in [0.5, 0.6) is 5.75 Å². The van der Waals surface area contributed by atoms with E-state index in [1.807, 2.05) is 30.3 Å². The maximum absolute atomic E-state index is 12.7. The summed E-state index contributed by atoms with van der Waals surface area (Å²) in [5, 5.41) is 7.76. The van der Waals surface area contributed by atoms with Gasteiger partial charge in [0.05, 0.1) is 30.3 Å². The van der Waals surface area contributed by atoms with Gasteiger partial charge >= 0.3 is 0 Å². The van der Waals surface area contributed by atoms with Crippen molar-refractivity contribution in [1.29, 1.82) is 0 Å². The van der Waals surface area contributed by atoms with E-state index in [1.165, 1.54) is 5.70 Å². The molecule has 0 saturated carbocycles. The number of fused-ring (bicyclic) bond motifs is 2. The van der Waals surface area contributed by atoms with Crippen LogP contribution in [0.2, 0.25) is 0 Å². The van der Waals surface area contributed by atoms with E-state index in [4.69, 9.17) is 9.15 Å². The number of hydrogen-bond donors (Lipinski definition) is 2. The largest absolute Gasteiger partial charge is 0.497 e. The van der Waals surface area contributed by atoms with E-state index >= 15 is 0 Å². The van der Waals surface area contributed by atoms with E-state index in [2.05, 4.69) is 48.6 Å². The molecule has 31 heavy (non-hydrogen) atoms. The van der Waals surface area contributed by atoms with E-state index < -0.39 is 0 Å². The number of furan rings is 1. The maximum Gasteiger partial charge on any atom is 0.251 e. The summed E-state index contributed by atoms with van der Waals surface area (Å²) in [6, 6.07) is 13.4. The Morgan fingerprint density at radius 3 is 2.84 bits per heavy atom. The van der Waals surface area contributed by atoms with Crippen molar-refractivity contribution in [3.63, 3.8) is 0 Å². The van der Waals surface area contributed by atoms with Gasteiger partial charge in [0.2, 0.25) is 0 Å². The molecule has 0 bridgehead atoms. The van der Waals surface area contributed by atoms with Crippen molar-refractivity contribution in [1.82, 2.24) is 5.32 Å². The third-order valence-corrected chi connectivity index (χ3v) is 6.22. The van der Waals surface area contributed by atoms with Gasteiger partial charge in [-0.1, -0.05) is 13.0 Å². The number of nitrogens with one attached hydrogen (secondary N) is 2. The number of anilines is 2. The van der Waals surface area contributed by atoms with Crippen molar-refractivity contribution in [2.45, 2.75) is 32.2 Å². The minimum absolute atomic E-state index is 0.0809. The number of ether oxygens (including phenoxy) is 1. The summed E-state index contributed by atoms with van der Waals surface area (Å²) in [5.41, 5.74) is 4.46. The molecule has 1 aliphatic rings. The smallest absolute Gasteiger partial charge is 0.251 e. The van der Waals surface area contributed by atoms with Crippen LogP contribution in [-0.2, 0) is 0 Å². The predicted molar refractivity (Wildman–Crippen MR) is 125 cm³/mol. The molecule has 1 amide bonds. The molecule has 2 aromatic carbocycles. The molecule has 162 valence electrons. The van der Waals surface area contributed by atoms with Crippen LogP contribution in [0, 0.1) is 0 Å². The van der Waals surface area contributed by atoms with Gasteiger partial charge in [-0.3, -0.25) is 4.79 Å². The van der Waals surface area contributed by atoms with E-state index in [0.717, 1.165) is 40.9 Å². The Kier molecular flexibility index (Phi) is 5.63. The fourth-order valence-corrected chi connectivity index (χ4v) is 4.51. The standard InChI is InChI=1S/C25H29N3O3/c1-5-23-25(6-2,27-20-16-19(30-4)8-9-21(20)28(23)3)12-13-26-24(29)18-7-10-22-17(15-18)11-14-31-22/h5,7-11,14-16,27H,6,12-13H2,1-4H3,(H,26,29)/b23-5-. The number of likely N-dealkylation sites (N-methyl/N-ethyl adjacent to an activating group) is 1. The number of methoxy groups -OCH3 is 1. The lowest BCUT2D eigenvalue weighted by molar-refractivity contribution is 0.0951. The highest BCUT2D eigenvalue weighted by Gasteiger charge is 2.39. The second kappa shape index (κ2) is 8.38. The van der Waals surface area contributed by atoms with Gasteiger partial charge in [-0.15, -0.1) is 0 Å². The van der Waals surface area contributed by atoms with Crippen LogP contribution >= 0.6 is 0 Å². The average molecular weight is 420 g/mol. The fourth-order valence-electron chi connectivity index (χ4n) is 4.51. The highest BCUT2D eigenvalue weighted by molar-refractivity contribution is 5.97. The number of carbonyl (C=O) groups is 1. The lowest BCUT2D eigenvalue weighted by atomic mass is 9.84. The van der Waals surface area contributed by atoms with Crippen molar-refractivity contribution in [3.05, 3.63) is 66.1 Å². The molecule has 1 aliphatic heterocycles. The topological polar surface area (TPSA) is 66.7 Å². The number of benzene rings is 2. The van der Waals surface area contributed by atoms with Crippen LogP contribution in [0.4, 0.5) is 11.4 Å². The number of allylic oxidation sites excluding steroid dienone is 1. The minimum atomic E-state index is -0.287. The van der Waals surface area contributed by atoms with Crippen molar-refractivity contribution < 1.29 is 13.9 Å². The molecule has 3 aromatic rings. The molecule has 0 saturated heterocycles. The van der Waals surface area contributed by atoms with Crippen LogP contribution in [0.15, 0.2) is 64.9 Å². The van der Waals surface area contributed by atoms with Gasteiger partial charge in [0.25, 0.3) is 5.91 Å². The van der Waals surface area contributed by atoms with Gasteiger partial charge in [0, 0.05) is 36.3 Å². The first kappa shape index (κ1) is 20.8. The Bertz CT molecular complexity index is 1130.